The molecule has 2 aliphatic rings. The zero-order chi connectivity index (χ0) is 16.8. The Kier molecular flexibility index (Phi) is 4.21. The van der Waals surface area contributed by atoms with Crippen molar-refractivity contribution in [3.05, 3.63) is 21.4 Å². The molecule has 1 aromatic heterocycles. The molecule has 3 heterocycles. The van der Waals surface area contributed by atoms with Gasteiger partial charge in [-0.15, -0.1) is 11.3 Å². The van der Waals surface area contributed by atoms with Crippen molar-refractivity contribution in [2.75, 3.05) is 13.2 Å². The standard InChI is InChI=1S/C18H27NO3S/c1-12-11-18(7-8-19(12)16(20)22-17(3,4)5)14-10-13(2)23-15(14)6-9-21-18/h10,12H,6-9,11H2,1-5H3. The first-order valence-corrected chi connectivity index (χ1v) is 9.25. The maximum Gasteiger partial charge on any atom is 0.410 e. The number of likely N-dealkylation sites (tertiary alicyclic amines) is 1. The summed E-state index contributed by atoms with van der Waals surface area (Å²) >= 11 is 1.89. The quantitative estimate of drug-likeness (QED) is 0.710. The fourth-order valence-electron chi connectivity index (χ4n) is 3.73. The van der Waals surface area contributed by atoms with Crippen LogP contribution in [0.3, 0.4) is 0 Å². The van der Waals surface area contributed by atoms with Crippen molar-refractivity contribution in [3.63, 3.8) is 0 Å². The van der Waals surface area contributed by atoms with E-state index in [0.717, 1.165) is 25.9 Å². The number of amides is 1. The number of hydrogen-bond acceptors (Lipinski definition) is 4. The molecule has 1 fully saturated rings. The first kappa shape index (κ1) is 16.8. The summed E-state index contributed by atoms with van der Waals surface area (Å²) in [6.07, 6.45) is 2.49. The second-order valence-electron chi connectivity index (χ2n) is 7.76. The smallest absolute Gasteiger partial charge is 0.410 e. The van der Waals surface area contributed by atoms with Gasteiger partial charge in [-0.1, -0.05) is 0 Å². The van der Waals surface area contributed by atoms with Gasteiger partial charge in [-0.3, -0.25) is 0 Å². The fraction of sp³-hybridized carbons (Fsp3) is 0.722. The van der Waals surface area contributed by atoms with E-state index in [2.05, 4.69) is 19.9 Å². The molecule has 2 atom stereocenters. The molecule has 3 rings (SSSR count). The van der Waals surface area contributed by atoms with E-state index in [9.17, 15) is 4.79 Å². The average molecular weight is 337 g/mol. The van der Waals surface area contributed by atoms with Crippen LogP contribution in [0.2, 0.25) is 0 Å². The Morgan fingerprint density at radius 1 is 1.48 bits per heavy atom. The van der Waals surface area contributed by atoms with Gasteiger partial charge in [0.05, 0.1) is 12.2 Å². The second-order valence-corrected chi connectivity index (χ2v) is 9.10. The van der Waals surface area contributed by atoms with Crippen LogP contribution in [0.4, 0.5) is 4.79 Å². The lowest BCUT2D eigenvalue weighted by Gasteiger charge is -2.47. The van der Waals surface area contributed by atoms with Crippen LogP contribution in [-0.2, 0) is 21.5 Å². The molecule has 1 spiro atoms. The molecule has 0 saturated carbocycles. The lowest BCUT2D eigenvalue weighted by Crippen LogP contribution is -2.53. The molecule has 5 heteroatoms. The molecule has 23 heavy (non-hydrogen) atoms. The van der Waals surface area contributed by atoms with Crippen LogP contribution in [0, 0.1) is 6.92 Å². The van der Waals surface area contributed by atoms with Crippen molar-refractivity contribution in [1.29, 1.82) is 0 Å². The molecule has 4 nitrogen and oxygen atoms in total. The van der Waals surface area contributed by atoms with Gasteiger partial charge in [0, 0.05) is 35.2 Å². The van der Waals surface area contributed by atoms with E-state index in [1.165, 1.54) is 15.3 Å². The molecule has 0 aromatic carbocycles. The number of aryl methyl sites for hydroxylation is 1. The Labute approximate surface area is 142 Å². The van der Waals surface area contributed by atoms with Crippen molar-refractivity contribution in [2.45, 2.75) is 71.1 Å². The van der Waals surface area contributed by atoms with E-state index in [0.29, 0.717) is 6.54 Å². The monoisotopic (exact) mass is 337 g/mol. The predicted molar refractivity (Wildman–Crippen MR) is 92.0 cm³/mol. The minimum Gasteiger partial charge on any atom is -0.444 e. The summed E-state index contributed by atoms with van der Waals surface area (Å²) in [5, 5.41) is 0. The predicted octanol–water partition coefficient (Wildman–Crippen LogP) is 4.24. The number of fused-ring (bicyclic) bond motifs is 2. The normalized spacial score (nSPS) is 27.9. The van der Waals surface area contributed by atoms with E-state index in [-0.39, 0.29) is 17.7 Å². The number of ether oxygens (including phenoxy) is 2. The van der Waals surface area contributed by atoms with Gasteiger partial charge in [-0.05, 0) is 52.7 Å². The Morgan fingerprint density at radius 3 is 2.87 bits per heavy atom. The van der Waals surface area contributed by atoms with Crippen LogP contribution in [-0.4, -0.2) is 35.8 Å². The summed E-state index contributed by atoms with van der Waals surface area (Å²) in [5.74, 6) is 0. The highest BCUT2D eigenvalue weighted by molar-refractivity contribution is 7.12. The van der Waals surface area contributed by atoms with Crippen molar-refractivity contribution in [1.82, 2.24) is 4.90 Å². The summed E-state index contributed by atoms with van der Waals surface area (Å²) in [6.45, 7) is 11.5. The van der Waals surface area contributed by atoms with Gasteiger partial charge in [0.2, 0.25) is 0 Å². The molecule has 2 aliphatic heterocycles. The molecule has 1 amide bonds. The van der Waals surface area contributed by atoms with Crippen LogP contribution >= 0.6 is 11.3 Å². The highest BCUT2D eigenvalue weighted by Gasteiger charge is 2.46. The summed E-state index contributed by atoms with van der Waals surface area (Å²) in [6, 6.07) is 2.40. The third kappa shape index (κ3) is 3.26. The Bertz CT molecular complexity index is 604. The van der Waals surface area contributed by atoms with Gasteiger partial charge in [0.1, 0.15) is 5.60 Å². The molecular weight excluding hydrogens is 310 g/mol. The lowest BCUT2D eigenvalue weighted by molar-refractivity contribution is -0.110. The molecule has 1 saturated heterocycles. The van der Waals surface area contributed by atoms with Crippen LogP contribution in [0.25, 0.3) is 0 Å². The summed E-state index contributed by atoms with van der Waals surface area (Å²) < 4.78 is 11.8. The summed E-state index contributed by atoms with van der Waals surface area (Å²) in [4.78, 5) is 17.1. The highest BCUT2D eigenvalue weighted by Crippen LogP contribution is 2.46. The van der Waals surface area contributed by atoms with E-state index in [1.807, 2.05) is 37.0 Å². The van der Waals surface area contributed by atoms with Crippen LogP contribution < -0.4 is 0 Å². The maximum absolute atomic E-state index is 12.4. The van der Waals surface area contributed by atoms with Crippen LogP contribution in [0.15, 0.2) is 6.07 Å². The largest absolute Gasteiger partial charge is 0.444 e. The number of carbonyl (C=O) groups excluding carboxylic acids is 1. The minimum atomic E-state index is -0.453. The van der Waals surface area contributed by atoms with Gasteiger partial charge >= 0.3 is 6.09 Å². The number of piperidine rings is 1. The Balaban J connectivity index is 1.78. The first-order valence-electron chi connectivity index (χ1n) is 8.44. The van der Waals surface area contributed by atoms with Crippen LogP contribution in [0.1, 0.15) is 55.9 Å². The molecule has 128 valence electrons. The van der Waals surface area contributed by atoms with Crippen LogP contribution in [0.5, 0.6) is 0 Å². The molecule has 0 radical (unpaired) electrons. The third-order valence-electron chi connectivity index (χ3n) is 4.67. The van der Waals surface area contributed by atoms with Gasteiger partial charge in [-0.25, -0.2) is 4.79 Å². The van der Waals surface area contributed by atoms with E-state index < -0.39 is 5.60 Å². The molecule has 0 bridgehead atoms. The maximum atomic E-state index is 12.4. The summed E-state index contributed by atoms with van der Waals surface area (Å²) in [5.41, 5.74) is 0.697. The SMILES string of the molecule is Cc1cc2c(s1)CCOC21CCN(C(=O)OC(C)(C)C)C(C)C1. The van der Waals surface area contributed by atoms with Gasteiger partial charge in [0.25, 0.3) is 0 Å². The minimum absolute atomic E-state index is 0.116. The van der Waals surface area contributed by atoms with Gasteiger partial charge in [0.15, 0.2) is 0 Å². The fourth-order valence-corrected chi connectivity index (χ4v) is 4.83. The number of nitrogens with zero attached hydrogens (tertiary/aromatic N) is 1. The molecule has 2 unspecified atom stereocenters. The molecule has 1 aromatic rings. The number of thiophene rings is 1. The Hall–Kier alpha value is -1.07. The number of rotatable bonds is 0. The third-order valence-corrected chi connectivity index (χ3v) is 5.78. The molecular formula is C18H27NO3S. The number of carbonyl (C=O) groups is 1. The zero-order valence-corrected chi connectivity index (χ0v) is 15.6. The first-order chi connectivity index (χ1) is 10.7. The average Bonchev–Trinajstić information content (AvgIpc) is 2.79. The summed E-state index contributed by atoms with van der Waals surface area (Å²) in [7, 11) is 0. The van der Waals surface area contributed by atoms with Gasteiger partial charge < -0.3 is 14.4 Å². The zero-order valence-electron chi connectivity index (χ0n) is 14.8. The highest BCUT2D eigenvalue weighted by atomic mass is 32.1. The van der Waals surface area contributed by atoms with Crippen molar-refractivity contribution in [3.8, 4) is 0 Å². The number of hydrogen-bond donors (Lipinski definition) is 0. The van der Waals surface area contributed by atoms with Gasteiger partial charge in [-0.2, -0.15) is 0 Å². The Morgan fingerprint density at radius 2 is 2.22 bits per heavy atom. The van der Waals surface area contributed by atoms with E-state index in [1.54, 1.807) is 0 Å². The molecule has 0 aliphatic carbocycles. The van der Waals surface area contributed by atoms with E-state index >= 15 is 0 Å². The topological polar surface area (TPSA) is 38.8 Å². The van der Waals surface area contributed by atoms with Crippen molar-refractivity contribution in [2.24, 2.45) is 0 Å². The molecule has 0 N–H and O–H groups in total. The second kappa shape index (κ2) is 5.78. The lowest BCUT2D eigenvalue weighted by atomic mass is 9.79. The van der Waals surface area contributed by atoms with Crippen molar-refractivity contribution < 1.29 is 14.3 Å². The van der Waals surface area contributed by atoms with Crippen molar-refractivity contribution >= 4 is 17.4 Å². The van der Waals surface area contributed by atoms with E-state index in [4.69, 9.17) is 9.47 Å².